The molecule has 0 aliphatic heterocycles. The highest BCUT2D eigenvalue weighted by Crippen LogP contribution is 2.23. The van der Waals surface area contributed by atoms with Gasteiger partial charge in [-0.2, -0.15) is 0 Å². The number of rotatable bonds is 5. The SMILES string of the molecule is Cc1ccccc1OCCN(C)c1nc2ccccc2n2cncc12. The van der Waals surface area contributed by atoms with Gasteiger partial charge in [0.2, 0.25) is 0 Å². The maximum Gasteiger partial charge on any atom is 0.155 e. The summed E-state index contributed by atoms with van der Waals surface area (Å²) in [6.07, 6.45) is 3.69. The quantitative estimate of drug-likeness (QED) is 0.559. The van der Waals surface area contributed by atoms with Gasteiger partial charge in [0.05, 0.1) is 30.1 Å². The first-order valence-electron chi connectivity index (χ1n) is 8.34. The summed E-state index contributed by atoms with van der Waals surface area (Å²) < 4.78 is 8.00. The molecule has 0 bridgehead atoms. The molecule has 126 valence electrons. The van der Waals surface area contributed by atoms with Gasteiger partial charge in [-0.25, -0.2) is 9.97 Å². The lowest BCUT2D eigenvalue weighted by Gasteiger charge is -2.20. The minimum absolute atomic E-state index is 0.593. The van der Waals surface area contributed by atoms with Crippen molar-refractivity contribution in [3.63, 3.8) is 0 Å². The molecule has 0 amide bonds. The van der Waals surface area contributed by atoms with Gasteiger partial charge in [0, 0.05) is 7.05 Å². The molecule has 0 aliphatic rings. The lowest BCUT2D eigenvalue weighted by atomic mass is 10.2. The highest BCUT2D eigenvalue weighted by Gasteiger charge is 2.12. The van der Waals surface area contributed by atoms with E-state index < -0.39 is 0 Å². The summed E-state index contributed by atoms with van der Waals surface area (Å²) in [5, 5.41) is 0. The van der Waals surface area contributed by atoms with Crippen LogP contribution in [0.2, 0.25) is 0 Å². The molecule has 0 saturated heterocycles. The van der Waals surface area contributed by atoms with Crippen molar-refractivity contribution in [3.05, 3.63) is 66.6 Å². The molecule has 4 rings (SSSR count). The summed E-state index contributed by atoms with van der Waals surface area (Å²) in [4.78, 5) is 11.2. The fraction of sp³-hybridized carbons (Fsp3) is 0.200. The van der Waals surface area contributed by atoms with Crippen molar-refractivity contribution in [1.82, 2.24) is 14.4 Å². The maximum atomic E-state index is 5.92. The number of aryl methyl sites for hydroxylation is 1. The lowest BCUT2D eigenvalue weighted by molar-refractivity contribution is 0.323. The first kappa shape index (κ1) is 15.4. The predicted molar refractivity (Wildman–Crippen MR) is 100 cm³/mol. The van der Waals surface area contributed by atoms with E-state index in [4.69, 9.17) is 9.72 Å². The second-order valence-corrected chi connectivity index (χ2v) is 6.11. The Hall–Kier alpha value is -3.08. The summed E-state index contributed by atoms with van der Waals surface area (Å²) in [6.45, 7) is 3.39. The third-order valence-electron chi connectivity index (χ3n) is 4.37. The zero-order valence-electron chi connectivity index (χ0n) is 14.4. The number of hydrogen-bond donors (Lipinski definition) is 0. The van der Waals surface area contributed by atoms with Gasteiger partial charge in [0.25, 0.3) is 0 Å². The van der Waals surface area contributed by atoms with E-state index >= 15 is 0 Å². The van der Waals surface area contributed by atoms with Gasteiger partial charge in [-0.3, -0.25) is 4.40 Å². The van der Waals surface area contributed by atoms with Crippen molar-refractivity contribution in [2.24, 2.45) is 0 Å². The smallest absolute Gasteiger partial charge is 0.155 e. The van der Waals surface area contributed by atoms with Gasteiger partial charge in [0.15, 0.2) is 5.82 Å². The van der Waals surface area contributed by atoms with Crippen LogP contribution in [0.5, 0.6) is 5.75 Å². The third-order valence-corrected chi connectivity index (χ3v) is 4.37. The molecule has 4 aromatic rings. The maximum absolute atomic E-state index is 5.92. The zero-order valence-corrected chi connectivity index (χ0v) is 14.4. The van der Waals surface area contributed by atoms with Gasteiger partial charge in [-0.1, -0.05) is 30.3 Å². The summed E-state index contributed by atoms with van der Waals surface area (Å²) in [5.41, 5.74) is 4.15. The number of likely N-dealkylation sites (N-methyl/N-ethyl adjacent to an activating group) is 1. The molecule has 25 heavy (non-hydrogen) atoms. The molecule has 0 spiro atoms. The Balaban J connectivity index is 1.58. The van der Waals surface area contributed by atoms with Gasteiger partial charge in [0.1, 0.15) is 17.9 Å². The Morgan fingerprint density at radius 2 is 1.84 bits per heavy atom. The van der Waals surface area contributed by atoms with E-state index in [1.807, 2.05) is 56.0 Å². The van der Waals surface area contributed by atoms with E-state index in [1.165, 1.54) is 0 Å². The van der Waals surface area contributed by atoms with Crippen molar-refractivity contribution in [2.75, 3.05) is 25.1 Å². The van der Waals surface area contributed by atoms with Crippen LogP contribution >= 0.6 is 0 Å². The summed E-state index contributed by atoms with van der Waals surface area (Å²) in [6, 6.07) is 16.2. The van der Waals surface area contributed by atoms with Gasteiger partial charge in [-0.05, 0) is 30.7 Å². The molecule has 2 aromatic carbocycles. The first-order chi connectivity index (χ1) is 12.2. The molecule has 0 atom stereocenters. The number of imidazole rings is 1. The summed E-state index contributed by atoms with van der Waals surface area (Å²) in [5.74, 6) is 1.83. The Bertz CT molecular complexity index is 1020. The molecule has 0 fully saturated rings. The predicted octanol–water partition coefficient (Wildman–Crippen LogP) is 3.71. The fourth-order valence-corrected chi connectivity index (χ4v) is 2.98. The number of ether oxygens (including phenoxy) is 1. The van der Waals surface area contributed by atoms with E-state index in [1.54, 1.807) is 0 Å². The van der Waals surface area contributed by atoms with E-state index in [0.29, 0.717) is 6.61 Å². The van der Waals surface area contributed by atoms with Crippen molar-refractivity contribution in [3.8, 4) is 5.75 Å². The van der Waals surface area contributed by atoms with E-state index in [-0.39, 0.29) is 0 Å². The Morgan fingerprint density at radius 1 is 1.04 bits per heavy atom. The minimum atomic E-state index is 0.593. The number of fused-ring (bicyclic) bond motifs is 3. The van der Waals surface area contributed by atoms with Gasteiger partial charge in [-0.15, -0.1) is 0 Å². The van der Waals surface area contributed by atoms with Crippen LogP contribution in [0.3, 0.4) is 0 Å². The Morgan fingerprint density at radius 3 is 2.72 bits per heavy atom. The highest BCUT2D eigenvalue weighted by atomic mass is 16.5. The standard InChI is InChI=1S/C20H20N4O/c1-15-7-3-6-10-19(15)25-12-11-23(2)20-18-13-21-14-24(18)17-9-5-4-8-16(17)22-20/h3-10,13-14H,11-12H2,1-2H3. The van der Waals surface area contributed by atoms with Crippen LogP contribution in [-0.2, 0) is 0 Å². The number of anilines is 1. The van der Waals surface area contributed by atoms with Gasteiger partial charge < -0.3 is 9.64 Å². The van der Waals surface area contributed by atoms with Crippen molar-refractivity contribution in [2.45, 2.75) is 6.92 Å². The molecule has 2 aromatic heterocycles. The number of benzene rings is 2. The molecule has 5 nitrogen and oxygen atoms in total. The molecule has 0 N–H and O–H groups in total. The van der Waals surface area contributed by atoms with E-state index in [0.717, 1.165) is 40.2 Å². The minimum Gasteiger partial charge on any atom is -0.491 e. The number of hydrogen-bond acceptors (Lipinski definition) is 4. The normalized spacial score (nSPS) is 11.1. The molecular weight excluding hydrogens is 312 g/mol. The molecule has 0 unspecified atom stereocenters. The van der Waals surface area contributed by atoms with E-state index in [9.17, 15) is 0 Å². The van der Waals surface area contributed by atoms with Crippen molar-refractivity contribution >= 4 is 22.4 Å². The average Bonchev–Trinajstić information content (AvgIpc) is 3.12. The monoisotopic (exact) mass is 332 g/mol. The fourth-order valence-electron chi connectivity index (χ4n) is 2.98. The van der Waals surface area contributed by atoms with Crippen LogP contribution in [0.1, 0.15) is 5.56 Å². The number of para-hydroxylation sites is 3. The van der Waals surface area contributed by atoms with Crippen molar-refractivity contribution in [1.29, 1.82) is 0 Å². The Labute approximate surface area is 146 Å². The summed E-state index contributed by atoms with van der Waals surface area (Å²) >= 11 is 0. The van der Waals surface area contributed by atoms with Crippen LogP contribution in [0, 0.1) is 6.92 Å². The van der Waals surface area contributed by atoms with Crippen molar-refractivity contribution < 1.29 is 4.74 Å². The number of nitrogens with zero attached hydrogens (tertiary/aromatic N) is 4. The molecule has 0 aliphatic carbocycles. The van der Waals surface area contributed by atoms with Crippen LogP contribution in [0.15, 0.2) is 61.1 Å². The van der Waals surface area contributed by atoms with Crippen LogP contribution in [-0.4, -0.2) is 34.6 Å². The van der Waals surface area contributed by atoms with Crippen LogP contribution in [0.25, 0.3) is 16.6 Å². The lowest BCUT2D eigenvalue weighted by Crippen LogP contribution is -2.25. The van der Waals surface area contributed by atoms with E-state index in [2.05, 4.69) is 33.3 Å². The topological polar surface area (TPSA) is 42.7 Å². The van der Waals surface area contributed by atoms with Gasteiger partial charge >= 0.3 is 0 Å². The molecule has 2 heterocycles. The molecule has 0 radical (unpaired) electrons. The highest BCUT2D eigenvalue weighted by molar-refractivity contribution is 5.84. The Kier molecular flexibility index (Phi) is 3.98. The molecule has 0 saturated carbocycles. The second kappa shape index (κ2) is 6.43. The summed E-state index contributed by atoms with van der Waals surface area (Å²) in [7, 11) is 2.03. The first-order valence-corrected chi connectivity index (χ1v) is 8.34. The third kappa shape index (κ3) is 2.89. The number of aromatic nitrogens is 3. The molecule has 5 heteroatoms. The molecular formula is C20H20N4O. The van der Waals surface area contributed by atoms with Crippen LogP contribution in [0.4, 0.5) is 5.82 Å². The van der Waals surface area contributed by atoms with Crippen LogP contribution < -0.4 is 9.64 Å². The largest absolute Gasteiger partial charge is 0.491 e. The zero-order chi connectivity index (χ0) is 17.2. The average molecular weight is 332 g/mol. The second-order valence-electron chi connectivity index (χ2n) is 6.11.